The van der Waals surface area contributed by atoms with Crippen molar-refractivity contribution in [2.75, 3.05) is 7.11 Å². The van der Waals surface area contributed by atoms with Crippen LogP contribution in [0.4, 0.5) is 0 Å². The second-order valence-corrected chi connectivity index (χ2v) is 5.76. The summed E-state index contributed by atoms with van der Waals surface area (Å²) in [4.78, 5) is 12.4. The Hall–Kier alpha value is -2.06. The molecule has 120 valence electrons. The lowest BCUT2D eigenvalue weighted by Gasteiger charge is -2.15. The van der Waals surface area contributed by atoms with Gasteiger partial charge in [-0.1, -0.05) is 67.4 Å². The van der Waals surface area contributed by atoms with E-state index >= 15 is 0 Å². The number of carbonyl (C=O) groups is 1. The van der Waals surface area contributed by atoms with Crippen molar-refractivity contribution >= 4 is 23.1 Å². The Labute approximate surface area is 142 Å². The number of carbonyl (C=O) groups excluding carboxylic acids is 1. The third-order valence-corrected chi connectivity index (χ3v) is 3.96. The van der Waals surface area contributed by atoms with Crippen molar-refractivity contribution in [1.29, 1.82) is 0 Å². The Morgan fingerprint density at radius 1 is 1.00 bits per heavy atom. The fourth-order valence-corrected chi connectivity index (χ4v) is 2.67. The summed E-state index contributed by atoms with van der Waals surface area (Å²) in [6.07, 6.45) is 2.65. The van der Waals surface area contributed by atoms with Gasteiger partial charge in [0.05, 0.1) is 7.11 Å². The summed E-state index contributed by atoms with van der Waals surface area (Å²) in [5.74, 6) is -0.271. The standard InChI is InChI=1S/C20H21ClO2/c1-3-4-10-18(20(22)23-2)19(15-8-6-5-7-9-15)16-11-13-17(21)14-12-16/h5-9,11-14H,3-4,10H2,1-2H3/b19-18-. The van der Waals surface area contributed by atoms with E-state index in [1.165, 1.54) is 7.11 Å². The molecule has 0 aromatic heterocycles. The molecular weight excluding hydrogens is 308 g/mol. The van der Waals surface area contributed by atoms with Gasteiger partial charge >= 0.3 is 5.97 Å². The van der Waals surface area contributed by atoms with Crippen molar-refractivity contribution in [3.05, 3.63) is 76.3 Å². The Morgan fingerprint density at radius 2 is 1.61 bits per heavy atom. The van der Waals surface area contributed by atoms with Crippen LogP contribution in [0.5, 0.6) is 0 Å². The van der Waals surface area contributed by atoms with Gasteiger partial charge in [0, 0.05) is 10.6 Å². The van der Waals surface area contributed by atoms with Crippen molar-refractivity contribution in [2.45, 2.75) is 26.2 Å². The number of unbranched alkanes of at least 4 members (excludes halogenated alkanes) is 1. The second-order valence-electron chi connectivity index (χ2n) is 5.32. The summed E-state index contributed by atoms with van der Waals surface area (Å²) in [6, 6.07) is 17.5. The van der Waals surface area contributed by atoms with E-state index in [0.29, 0.717) is 17.0 Å². The molecule has 0 fully saturated rings. The molecule has 0 aliphatic carbocycles. The molecule has 2 aromatic rings. The average Bonchev–Trinajstić information content (AvgIpc) is 2.60. The normalized spacial score (nSPS) is 11.8. The van der Waals surface area contributed by atoms with Crippen LogP contribution in [0.3, 0.4) is 0 Å². The predicted molar refractivity (Wildman–Crippen MR) is 95.5 cm³/mol. The summed E-state index contributed by atoms with van der Waals surface area (Å²) in [7, 11) is 1.43. The Morgan fingerprint density at radius 3 is 2.17 bits per heavy atom. The Balaban J connectivity index is 2.64. The number of hydrogen-bond donors (Lipinski definition) is 0. The van der Waals surface area contributed by atoms with Gasteiger partial charge in [-0.2, -0.15) is 0 Å². The molecule has 0 amide bonds. The number of esters is 1. The number of rotatable bonds is 6. The molecule has 0 spiro atoms. The molecular formula is C20H21ClO2. The van der Waals surface area contributed by atoms with Gasteiger partial charge in [0.1, 0.15) is 0 Å². The van der Waals surface area contributed by atoms with Crippen LogP contribution in [0.15, 0.2) is 60.2 Å². The second kappa shape index (κ2) is 8.54. The maximum atomic E-state index is 12.4. The van der Waals surface area contributed by atoms with Crippen LogP contribution in [-0.2, 0) is 9.53 Å². The van der Waals surface area contributed by atoms with E-state index in [2.05, 4.69) is 6.92 Å². The molecule has 2 aromatic carbocycles. The topological polar surface area (TPSA) is 26.3 Å². The molecule has 0 saturated carbocycles. The van der Waals surface area contributed by atoms with E-state index in [1.807, 2.05) is 54.6 Å². The molecule has 3 heteroatoms. The van der Waals surface area contributed by atoms with Gasteiger partial charge in [0.2, 0.25) is 0 Å². The summed E-state index contributed by atoms with van der Waals surface area (Å²) >= 11 is 6.01. The van der Waals surface area contributed by atoms with Crippen LogP contribution in [-0.4, -0.2) is 13.1 Å². The van der Waals surface area contributed by atoms with Gasteiger partial charge in [-0.05, 0) is 41.7 Å². The maximum absolute atomic E-state index is 12.4. The average molecular weight is 329 g/mol. The number of hydrogen-bond acceptors (Lipinski definition) is 2. The third-order valence-electron chi connectivity index (χ3n) is 3.71. The lowest BCUT2D eigenvalue weighted by Crippen LogP contribution is -2.09. The van der Waals surface area contributed by atoms with Gasteiger partial charge in [-0.15, -0.1) is 0 Å². The van der Waals surface area contributed by atoms with Gasteiger partial charge in [-0.3, -0.25) is 0 Å². The first kappa shape index (κ1) is 17.3. The number of ether oxygens (including phenoxy) is 1. The first-order valence-corrected chi connectivity index (χ1v) is 8.18. The van der Waals surface area contributed by atoms with Crippen LogP contribution in [0.2, 0.25) is 5.02 Å². The molecule has 0 atom stereocenters. The molecule has 0 saturated heterocycles. The lowest BCUT2D eigenvalue weighted by atomic mass is 9.90. The van der Waals surface area contributed by atoms with E-state index < -0.39 is 0 Å². The zero-order valence-electron chi connectivity index (χ0n) is 13.5. The molecule has 0 bridgehead atoms. The predicted octanol–water partition coefficient (Wildman–Crippen LogP) is 5.51. The monoisotopic (exact) mass is 328 g/mol. The Kier molecular flexibility index (Phi) is 6.42. The zero-order valence-corrected chi connectivity index (χ0v) is 14.3. The highest BCUT2D eigenvalue weighted by atomic mass is 35.5. The molecule has 0 aliphatic heterocycles. The van der Waals surface area contributed by atoms with E-state index in [0.717, 1.165) is 29.5 Å². The summed E-state index contributed by atoms with van der Waals surface area (Å²) in [6.45, 7) is 2.11. The van der Waals surface area contributed by atoms with Gasteiger partial charge < -0.3 is 4.74 Å². The maximum Gasteiger partial charge on any atom is 0.334 e. The first-order chi connectivity index (χ1) is 11.2. The molecule has 0 heterocycles. The van der Waals surface area contributed by atoms with Crippen LogP contribution < -0.4 is 0 Å². The fraction of sp³-hybridized carbons (Fsp3) is 0.250. The van der Waals surface area contributed by atoms with Gasteiger partial charge in [-0.25, -0.2) is 4.79 Å². The van der Waals surface area contributed by atoms with E-state index in [4.69, 9.17) is 16.3 Å². The molecule has 23 heavy (non-hydrogen) atoms. The van der Waals surface area contributed by atoms with Crippen molar-refractivity contribution < 1.29 is 9.53 Å². The van der Waals surface area contributed by atoms with Crippen LogP contribution >= 0.6 is 11.6 Å². The lowest BCUT2D eigenvalue weighted by molar-refractivity contribution is -0.136. The summed E-state index contributed by atoms with van der Waals surface area (Å²) in [5.41, 5.74) is 3.61. The van der Waals surface area contributed by atoms with Crippen LogP contribution in [0, 0.1) is 0 Å². The number of halogens is 1. The number of benzene rings is 2. The van der Waals surface area contributed by atoms with Crippen molar-refractivity contribution in [3.8, 4) is 0 Å². The minimum Gasteiger partial charge on any atom is -0.466 e. The van der Waals surface area contributed by atoms with E-state index in [1.54, 1.807) is 0 Å². The highest BCUT2D eigenvalue weighted by molar-refractivity contribution is 6.30. The summed E-state index contributed by atoms with van der Waals surface area (Å²) < 4.78 is 5.03. The van der Waals surface area contributed by atoms with Crippen molar-refractivity contribution in [1.82, 2.24) is 0 Å². The largest absolute Gasteiger partial charge is 0.466 e. The fourth-order valence-electron chi connectivity index (χ4n) is 2.54. The smallest absolute Gasteiger partial charge is 0.334 e. The van der Waals surface area contributed by atoms with Crippen LogP contribution in [0.25, 0.3) is 5.57 Å². The molecule has 0 unspecified atom stereocenters. The van der Waals surface area contributed by atoms with Crippen LogP contribution in [0.1, 0.15) is 37.3 Å². The molecule has 2 nitrogen and oxygen atoms in total. The highest BCUT2D eigenvalue weighted by Crippen LogP contribution is 2.31. The first-order valence-electron chi connectivity index (χ1n) is 7.80. The summed E-state index contributed by atoms with van der Waals surface area (Å²) in [5, 5.41) is 0.675. The van der Waals surface area contributed by atoms with Gasteiger partial charge in [0.25, 0.3) is 0 Å². The van der Waals surface area contributed by atoms with Crippen molar-refractivity contribution in [2.24, 2.45) is 0 Å². The molecule has 0 N–H and O–H groups in total. The zero-order chi connectivity index (χ0) is 16.7. The molecule has 0 aliphatic rings. The molecule has 2 rings (SSSR count). The quantitative estimate of drug-likeness (QED) is 0.516. The number of methoxy groups -OCH3 is 1. The third kappa shape index (κ3) is 4.46. The van der Waals surface area contributed by atoms with Gasteiger partial charge in [0.15, 0.2) is 0 Å². The highest BCUT2D eigenvalue weighted by Gasteiger charge is 2.18. The minimum atomic E-state index is -0.271. The SMILES string of the molecule is CCCC/C(C(=O)OC)=C(\c1ccccc1)c1ccc(Cl)cc1. The van der Waals surface area contributed by atoms with E-state index in [9.17, 15) is 4.79 Å². The van der Waals surface area contributed by atoms with E-state index in [-0.39, 0.29) is 5.97 Å². The van der Waals surface area contributed by atoms with Crippen molar-refractivity contribution in [3.63, 3.8) is 0 Å². The Bertz CT molecular complexity index is 673. The molecule has 0 radical (unpaired) electrons. The minimum absolute atomic E-state index is 0.271.